The molecule has 2 saturated carbocycles. The molecule has 2 N–H and O–H groups in total. The molecule has 0 radical (unpaired) electrons. The van der Waals surface area contributed by atoms with Crippen LogP contribution >= 0.6 is 0 Å². The van der Waals surface area contributed by atoms with Crippen molar-refractivity contribution < 1.29 is 22.9 Å². The highest BCUT2D eigenvalue weighted by atomic mass is 19.1. The van der Waals surface area contributed by atoms with Gasteiger partial charge in [0.25, 0.3) is 5.91 Å². The van der Waals surface area contributed by atoms with E-state index < -0.39 is 35.0 Å². The summed E-state index contributed by atoms with van der Waals surface area (Å²) < 4.78 is 32.6. The largest absolute Gasteiger partial charge is 0.355 e. The zero-order chi connectivity index (χ0) is 26.3. The van der Waals surface area contributed by atoms with E-state index in [1.165, 1.54) is 25.0 Å². The van der Waals surface area contributed by atoms with Gasteiger partial charge < -0.3 is 20.1 Å². The van der Waals surface area contributed by atoms with E-state index in [2.05, 4.69) is 30.9 Å². The Bertz CT molecular complexity index is 1340. The SMILES string of the molecule is O=C(N[C@H]1CCN(CC2CC2)C[C@@H]1C(=O)NC1(c2cccnn2)CC1)c1cc(-c2ccc(F)cc2F)on1. The van der Waals surface area contributed by atoms with E-state index in [4.69, 9.17) is 4.52 Å². The number of rotatable bonds is 8. The topological polar surface area (TPSA) is 113 Å². The Hall–Kier alpha value is -3.73. The molecule has 2 aromatic heterocycles. The molecule has 3 aliphatic rings. The minimum Gasteiger partial charge on any atom is -0.355 e. The first-order valence-electron chi connectivity index (χ1n) is 13.0. The molecular formula is C27H28F2N6O3. The summed E-state index contributed by atoms with van der Waals surface area (Å²) in [5.41, 5.74) is 0.186. The summed E-state index contributed by atoms with van der Waals surface area (Å²) in [7, 11) is 0. The number of nitrogens with one attached hydrogen (secondary N) is 2. The molecule has 9 nitrogen and oxygen atoms in total. The second-order valence-electron chi connectivity index (χ2n) is 10.6. The number of aromatic nitrogens is 3. The van der Waals surface area contributed by atoms with E-state index in [0.717, 1.165) is 43.8 Å². The maximum Gasteiger partial charge on any atom is 0.273 e. The second-order valence-corrected chi connectivity index (χ2v) is 10.6. The lowest BCUT2D eigenvalue weighted by Crippen LogP contribution is -2.57. The van der Waals surface area contributed by atoms with Crippen LogP contribution in [0.5, 0.6) is 0 Å². The van der Waals surface area contributed by atoms with Gasteiger partial charge in [0, 0.05) is 44.0 Å². The fraction of sp³-hybridized carbons (Fsp3) is 0.444. The maximum absolute atomic E-state index is 14.2. The number of carbonyl (C=O) groups excluding carboxylic acids is 2. The van der Waals surface area contributed by atoms with E-state index in [0.29, 0.717) is 18.9 Å². The number of likely N-dealkylation sites (tertiary alicyclic amines) is 1. The maximum atomic E-state index is 14.2. The van der Waals surface area contributed by atoms with Gasteiger partial charge in [-0.25, -0.2) is 8.78 Å². The summed E-state index contributed by atoms with van der Waals surface area (Å²) in [6, 6.07) is 7.64. The molecule has 1 aromatic carbocycles. The zero-order valence-corrected chi connectivity index (χ0v) is 20.7. The monoisotopic (exact) mass is 522 g/mol. The summed E-state index contributed by atoms with van der Waals surface area (Å²) in [6.07, 6.45) is 6.21. The number of hydrogen-bond donors (Lipinski definition) is 2. The van der Waals surface area contributed by atoms with Gasteiger partial charge in [0.2, 0.25) is 5.91 Å². The van der Waals surface area contributed by atoms with Crippen molar-refractivity contribution in [2.24, 2.45) is 11.8 Å². The van der Waals surface area contributed by atoms with Crippen molar-refractivity contribution in [2.45, 2.75) is 43.7 Å². The molecule has 2 amide bonds. The lowest BCUT2D eigenvalue weighted by molar-refractivity contribution is -0.128. The Balaban J connectivity index is 1.17. The Labute approximate surface area is 218 Å². The molecule has 3 aromatic rings. The molecule has 0 spiro atoms. The Morgan fingerprint density at radius 3 is 2.68 bits per heavy atom. The van der Waals surface area contributed by atoms with Crippen LogP contribution in [-0.4, -0.2) is 57.7 Å². The highest BCUT2D eigenvalue weighted by Crippen LogP contribution is 2.44. The molecule has 3 fully saturated rings. The molecule has 1 saturated heterocycles. The summed E-state index contributed by atoms with van der Waals surface area (Å²) in [4.78, 5) is 29.0. The average molecular weight is 523 g/mol. The average Bonchev–Trinajstić information content (AvgIpc) is 3.84. The molecule has 2 aliphatic carbocycles. The summed E-state index contributed by atoms with van der Waals surface area (Å²) in [6.45, 7) is 2.26. The number of carbonyl (C=O) groups is 2. The molecule has 198 valence electrons. The van der Waals surface area contributed by atoms with E-state index in [1.54, 1.807) is 12.3 Å². The van der Waals surface area contributed by atoms with Gasteiger partial charge in [0.1, 0.15) is 11.6 Å². The van der Waals surface area contributed by atoms with Crippen LogP contribution in [0.15, 0.2) is 47.1 Å². The first-order chi connectivity index (χ1) is 18.4. The predicted molar refractivity (Wildman–Crippen MR) is 131 cm³/mol. The van der Waals surface area contributed by atoms with Crippen LogP contribution in [0, 0.1) is 23.5 Å². The van der Waals surface area contributed by atoms with Gasteiger partial charge >= 0.3 is 0 Å². The third-order valence-corrected chi connectivity index (χ3v) is 7.68. The molecule has 2 atom stereocenters. The van der Waals surface area contributed by atoms with Crippen LogP contribution < -0.4 is 10.6 Å². The van der Waals surface area contributed by atoms with Crippen LogP contribution in [0.2, 0.25) is 0 Å². The number of hydrogen-bond acceptors (Lipinski definition) is 7. The zero-order valence-electron chi connectivity index (χ0n) is 20.7. The normalized spacial score (nSPS) is 22.6. The summed E-state index contributed by atoms with van der Waals surface area (Å²) >= 11 is 0. The Morgan fingerprint density at radius 1 is 1.13 bits per heavy atom. The summed E-state index contributed by atoms with van der Waals surface area (Å²) in [5, 5.41) is 18.1. The smallest absolute Gasteiger partial charge is 0.273 e. The highest BCUT2D eigenvalue weighted by Gasteiger charge is 2.49. The number of amides is 2. The van der Waals surface area contributed by atoms with Crippen LogP contribution in [0.4, 0.5) is 8.78 Å². The fourth-order valence-electron chi connectivity index (χ4n) is 5.19. The first kappa shape index (κ1) is 24.6. The van der Waals surface area contributed by atoms with Gasteiger partial charge in [-0.2, -0.15) is 10.2 Å². The minimum atomic E-state index is -0.815. The first-order valence-corrected chi connectivity index (χ1v) is 13.0. The molecular weight excluding hydrogens is 494 g/mol. The van der Waals surface area contributed by atoms with Crippen molar-refractivity contribution >= 4 is 11.8 Å². The van der Waals surface area contributed by atoms with Crippen molar-refractivity contribution in [3.05, 3.63) is 65.6 Å². The fourth-order valence-corrected chi connectivity index (χ4v) is 5.19. The van der Waals surface area contributed by atoms with Crippen molar-refractivity contribution in [1.29, 1.82) is 0 Å². The Morgan fingerprint density at radius 2 is 1.97 bits per heavy atom. The van der Waals surface area contributed by atoms with Crippen LogP contribution in [0.25, 0.3) is 11.3 Å². The van der Waals surface area contributed by atoms with Gasteiger partial charge in [-0.05, 0) is 62.3 Å². The van der Waals surface area contributed by atoms with Gasteiger partial charge in [-0.15, -0.1) is 0 Å². The second kappa shape index (κ2) is 9.86. The Kier molecular flexibility index (Phi) is 6.38. The lowest BCUT2D eigenvalue weighted by Gasteiger charge is -2.38. The van der Waals surface area contributed by atoms with Crippen molar-refractivity contribution in [3.63, 3.8) is 0 Å². The molecule has 0 unspecified atom stereocenters. The quantitative estimate of drug-likeness (QED) is 0.468. The van der Waals surface area contributed by atoms with Crippen molar-refractivity contribution in [2.75, 3.05) is 19.6 Å². The number of benzene rings is 1. The van der Waals surface area contributed by atoms with Crippen LogP contribution in [0.3, 0.4) is 0 Å². The predicted octanol–water partition coefficient (Wildman–Crippen LogP) is 3.05. The molecule has 11 heteroatoms. The molecule has 38 heavy (non-hydrogen) atoms. The minimum absolute atomic E-state index is 0.00216. The standard InChI is InChI=1S/C27H28F2N6O3/c28-17-5-6-18(20(29)12-17)23-13-22(34-38-23)26(37)31-21-7-11-35(14-16-3-4-16)15-19(21)25(36)32-27(8-9-27)24-2-1-10-30-33-24/h1-2,5-6,10,12-13,16,19,21H,3-4,7-9,11,14-15H2,(H,31,37)(H,32,36)/t19-,21-/m0/s1. The van der Waals surface area contributed by atoms with Gasteiger partial charge in [0.05, 0.1) is 22.7 Å². The molecule has 1 aliphatic heterocycles. The van der Waals surface area contributed by atoms with Gasteiger partial charge in [-0.3, -0.25) is 9.59 Å². The van der Waals surface area contributed by atoms with E-state index in [1.807, 2.05) is 6.07 Å². The molecule has 0 bridgehead atoms. The van der Waals surface area contributed by atoms with Crippen molar-refractivity contribution in [3.8, 4) is 11.3 Å². The number of nitrogens with zero attached hydrogens (tertiary/aromatic N) is 4. The summed E-state index contributed by atoms with van der Waals surface area (Å²) in [5.74, 6) is -1.95. The molecule has 3 heterocycles. The van der Waals surface area contributed by atoms with Crippen molar-refractivity contribution in [1.82, 2.24) is 30.9 Å². The third-order valence-electron chi connectivity index (χ3n) is 7.68. The van der Waals surface area contributed by atoms with E-state index in [9.17, 15) is 18.4 Å². The third kappa shape index (κ3) is 5.15. The highest BCUT2D eigenvalue weighted by molar-refractivity contribution is 5.94. The number of halogens is 2. The van der Waals surface area contributed by atoms with Crippen LogP contribution in [0.1, 0.15) is 48.3 Å². The van der Waals surface area contributed by atoms with E-state index in [-0.39, 0.29) is 22.9 Å². The molecule has 6 rings (SSSR count). The van der Waals surface area contributed by atoms with Gasteiger partial charge in [-0.1, -0.05) is 5.16 Å². The van der Waals surface area contributed by atoms with Gasteiger partial charge in [0.15, 0.2) is 11.5 Å². The van der Waals surface area contributed by atoms with Crippen LogP contribution in [-0.2, 0) is 10.3 Å². The lowest BCUT2D eigenvalue weighted by atomic mass is 9.90. The van der Waals surface area contributed by atoms with E-state index >= 15 is 0 Å². The number of piperidine rings is 1.